The van der Waals surface area contributed by atoms with Gasteiger partial charge in [-0.25, -0.2) is 4.79 Å². The molecule has 8 heteroatoms. The second-order valence-electron chi connectivity index (χ2n) is 3.96. The molecule has 1 aromatic heterocycles. The van der Waals surface area contributed by atoms with Gasteiger partial charge in [0.25, 0.3) is 0 Å². The number of nitrogens with one attached hydrogen (secondary N) is 2. The summed E-state index contributed by atoms with van der Waals surface area (Å²) in [7, 11) is 1.28. The van der Waals surface area contributed by atoms with Crippen LogP contribution in [0.2, 0.25) is 0 Å². The average Bonchev–Trinajstić information content (AvgIpc) is 2.77. The number of aromatic nitrogens is 2. The zero-order valence-electron chi connectivity index (χ0n) is 11.2. The minimum atomic E-state index is -0.700. The molecule has 0 radical (unpaired) electrons. The molecule has 0 aliphatic heterocycles. The monoisotopic (exact) mass is 270 g/mol. The van der Waals surface area contributed by atoms with Crippen LogP contribution in [-0.2, 0) is 20.7 Å². The Morgan fingerprint density at radius 3 is 2.74 bits per heavy atom. The lowest BCUT2D eigenvalue weighted by Crippen LogP contribution is -2.47. The van der Waals surface area contributed by atoms with Gasteiger partial charge in [0, 0.05) is 33.4 Å². The third-order valence-electron chi connectivity index (χ3n) is 2.31. The molecule has 106 valence electrons. The highest BCUT2D eigenvalue weighted by molar-refractivity contribution is 5.83. The highest BCUT2D eigenvalue weighted by Crippen LogP contribution is 1.95. The summed E-state index contributed by atoms with van der Waals surface area (Å²) in [4.78, 5) is 26.4. The number of nitrogens with zero attached hydrogens (tertiary/aromatic N) is 2. The normalized spacial score (nSPS) is 11.9. The van der Waals surface area contributed by atoms with E-state index in [0.29, 0.717) is 24.7 Å². The number of amides is 1. The maximum atomic E-state index is 11.4. The second kappa shape index (κ2) is 7.47. The Kier molecular flexibility index (Phi) is 5.94. The predicted molar refractivity (Wildman–Crippen MR) is 65.2 cm³/mol. The average molecular weight is 270 g/mol. The fourth-order valence-electron chi connectivity index (χ4n) is 1.47. The SMILES string of the molecule is COC(=O)C(CNCCc1noc(C)n1)NC(C)=O. The van der Waals surface area contributed by atoms with Crippen LogP contribution in [0.4, 0.5) is 0 Å². The molecule has 0 saturated heterocycles. The van der Waals surface area contributed by atoms with Crippen LogP contribution >= 0.6 is 0 Å². The first kappa shape index (κ1) is 15.1. The molecule has 0 aliphatic rings. The van der Waals surface area contributed by atoms with Crippen molar-refractivity contribution in [3.8, 4) is 0 Å². The molecule has 0 aromatic carbocycles. The molecule has 0 aliphatic carbocycles. The van der Waals surface area contributed by atoms with E-state index in [2.05, 4.69) is 25.5 Å². The van der Waals surface area contributed by atoms with E-state index in [1.807, 2.05) is 0 Å². The lowest BCUT2D eigenvalue weighted by molar-refractivity contribution is -0.144. The van der Waals surface area contributed by atoms with Gasteiger partial charge >= 0.3 is 5.97 Å². The first-order valence-corrected chi connectivity index (χ1v) is 5.87. The van der Waals surface area contributed by atoms with E-state index in [1.165, 1.54) is 14.0 Å². The maximum Gasteiger partial charge on any atom is 0.329 e. The first-order chi connectivity index (χ1) is 9.02. The molecule has 0 saturated carbocycles. The quantitative estimate of drug-likeness (QED) is 0.493. The minimum absolute atomic E-state index is 0.281. The van der Waals surface area contributed by atoms with Gasteiger partial charge in [0.2, 0.25) is 11.8 Å². The summed E-state index contributed by atoms with van der Waals surface area (Å²) in [6.07, 6.45) is 0.575. The van der Waals surface area contributed by atoms with Crippen molar-refractivity contribution in [2.45, 2.75) is 26.3 Å². The number of methoxy groups -OCH3 is 1. The molecule has 1 amide bonds. The minimum Gasteiger partial charge on any atom is -0.467 e. The standard InChI is InChI=1S/C11H18N4O4/c1-7(16)13-9(11(17)18-3)6-12-5-4-10-14-8(2)19-15-10/h9,12H,4-6H2,1-3H3,(H,13,16). The van der Waals surface area contributed by atoms with Gasteiger partial charge < -0.3 is 19.9 Å². The largest absolute Gasteiger partial charge is 0.467 e. The molecule has 2 N–H and O–H groups in total. The summed E-state index contributed by atoms with van der Waals surface area (Å²) in [5, 5.41) is 9.28. The molecular formula is C11H18N4O4. The van der Waals surface area contributed by atoms with Crippen molar-refractivity contribution in [1.29, 1.82) is 0 Å². The number of hydrogen-bond donors (Lipinski definition) is 2. The van der Waals surface area contributed by atoms with Crippen LogP contribution in [0.25, 0.3) is 0 Å². The van der Waals surface area contributed by atoms with Crippen molar-refractivity contribution in [2.75, 3.05) is 20.2 Å². The van der Waals surface area contributed by atoms with E-state index >= 15 is 0 Å². The number of carbonyl (C=O) groups excluding carboxylic acids is 2. The van der Waals surface area contributed by atoms with Crippen molar-refractivity contribution in [3.63, 3.8) is 0 Å². The van der Waals surface area contributed by atoms with E-state index in [9.17, 15) is 9.59 Å². The molecule has 1 aromatic rings. The molecule has 8 nitrogen and oxygen atoms in total. The predicted octanol–water partition coefficient (Wildman–Crippen LogP) is -0.812. The fourth-order valence-corrected chi connectivity index (χ4v) is 1.47. The van der Waals surface area contributed by atoms with Gasteiger partial charge in [0.15, 0.2) is 5.82 Å². The molecule has 1 unspecified atom stereocenters. The Labute approximate surface area is 110 Å². The zero-order chi connectivity index (χ0) is 14.3. The summed E-state index contributed by atoms with van der Waals surface area (Å²) in [5.41, 5.74) is 0. The number of ether oxygens (including phenoxy) is 1. The molecule has 0 fully saturated rings. The lowest BCUT2D eigenvalue weighted by Gasteiger charge is -2.15. The van der Waals surface area contributed by atoms with Crippen LogP contribution in [0, 0.1) is 6.92 Å². The van der Waals surface area contributed by atoms with Crippen molar-refractivity contribution in [2.24, 2.45) is 0 Å². The maximum absolute atomic E-state index is 11.4. The number of hydrogen-bond acceptors (Lipinski definition) is 7. The number of esters is 1. The summed E-state index contributed by atoms with van der Waals surface area (Å²) in [5.74, 6) is 0.337. The van der Waals surface area contributed by atoms with Gasteiger partial charge in [-0.3, -0.25) is 4.79 Å². The van der Waals surface area contributed by atoms with E-state index in [0.717, 1.165) is 0 Å². The molecule has 1 rings (SSSR count). The van der Waals surface area contributed by atoms with E-state index < -0.39 is 12.0 Å². The number of rotatable bonds is 7. The number of aryl methyl sites for hydroxylation is 1. The van der Waals surface area contributed by atoms with Crippen LogP contribution in [0.15, 0.2) is 4.52 Å². The van der Waals surface area contributed by atoms with Crippen molar-refractivity contribution in [1.82, 2.24) is 20.8 Å². The van der Waals surface area contributed by atoms with Crippen molar-refractivity contribution >= 4 is 11.9 Å². The van der Waals surface area contributed by atoms with Crippen LogP contribution in [0.1, 0.15) is 18.6 Å². The fraction of sp³-hybridized carbons (Fsp3) is 0.636. The molecular weight excluding hydrogens is 252 g/mol. The van der Waals surface area contributed by atoms with Gasteiger partial charge in [-0.1, -0.05) is 5.16 Å². The third kappa shape index (κ3) is 5.47. The lowest BCUT2D eigenvalue weighted by atomic mass is 10.3. The smallest absolute Gasteiger partial charge is 0.329 e. The van der Waals surface area contributed by atoms with E-state index in [1.54, 1.807) is 6.92 Å². The number of carbonyl (C=O) groups is 2. The van der Waals surface area contributed by atoms with Crippen LogP contribution in [0.3, 0.4) is 0 Å². The summed E-state index contributed by atoms with van der Waals surface area (Å²) >= 11 is 0. The molecule has 1 heterocycles. The summed E-state index contributed by atoms with van der Waals surface area (Å²) in [6, 6.07) is -0.700. The highest BCUT2D eigenvalue weighted by Gasteiger charge is 2.19. The Morgan fingerprint density at radius 2 is 2.21 bits per heavy atom. The Hall–Kier alpha value is -1.96. The first-order valence-electron chi connectivity index (χ1n) is 5.87. The Morgan fingerprint density at radius 1 is 1.47 bits per heavy atom. The van der Waals surface area contributed by atoms with Crippen LogP contribution in [-0.4, -0.2) is 48.3 Å². The topological polar surface area (TPSA) is 106 Å². The second-order valence-corrected chi connectivity index (χ2v) is 3.96. The third-order valence-corrected chi connectivity index (χ3v) is 2.31. The highest BCUT2D eigenvalue weighted by atomic mass is 16.5. The van der Waals surface area contributed by atoms with Crippen molar-refractivity contribution in [3.05, 3.63) is 11.7 Å². The molecule has 19 heavy (non-hydrogen) atoms. The van der Waals surface area contributed by atoms with Crippen LogP contribution < -0.4 is 10.6 Å². The molecule has 0 spiro atoms. The van der Waals surface area contributed by atoms with Gasteiger partial charge in [0.05, 0.1) is 7.11 Å². The summed E-state index contributed by atoms with van der Waals surface area (Å²) in [6.45, 7) is 3.90. The van der Waals surface area contributed by atoms with Gasteiger partial charge in [-0.05, 0) is 0 Å². The van der Waals surface area contributed by atoms with Crippen LogP contribution in [0.5, 0.6) is 0 Å². The van der Waals surface area contributed by atoms with Gasteiger partial charge in [-0.2, -0.15) is 4.98 Å². The zero-order valence-corrected chi connectivity index (χ0v) is 11.2. The van der Waals surface area contributed by atoms with Gasteiger partial charge in [0.1, 0.15) is 6.04 Å². The Bertz CT molecular complexity index is 432. The molecule has 1 atom stereocenters. The Balaban J connectivity index is 2.31. The van der Waals surface area contributed by atoms with E-state index in [4.69, 9.17) is 4.52 Å². The van der Waals surface area contributed by atoms with E-state index in [-0.39, 0.29) is 12.5 Å². The van der Waals surface area contributed by atoms with Gasteiger partial charge in [-0.15, -0.1) is 0 Å². The molecule has 0 bridgehead atoms. The summed E-state index contributed by atoms with van der Waals surface area (Å²) < 4.78 is 9.43. The van der Waals surface area contributed by atoms with Crippen molar-refractivity contribution < 1.29 is 18.8 Å².